The van der Waals surface area contributed by atoms with Crippen LogP contribution in [0, 0.1) is 11.3 Å². The van der Waals surface area contributed by atoms with Gasteiger partial charge in [-0.25, -0.2) is 4.39 Å². The molecule has 0 amide bonds. The van der Waals surface area contributed by atoms with Gasteiger partial charge in [0, 0.05) is 20.2 Å². The minimum Gasteiger partial charge on any atom is -0.297 e. The van der Waals surface area contributed by atoms with Gasteiger partial charge in [-0.3, -0.25) is 4.90 Å². The summed E-state index contributed by atoms with van der Waals surface area (Å²) >= 11 is 0. The van der Waals surface area contributed by atoms with Gasteiger partial charge < -0.3 is 0 Å². The molecule has 3 atom stereocenters. The summed E-state index contributed by atoms with van der Waals surface area (Å²) in [5.74, 6) is -0.00457. The van der Waals surface area contributed by atoms with Gasteiger partial charge in [-0.05, 0) is 44.5 Å². The molecule has 0 aromatic carbocycles. The lowest BCUT2D eigenvalue weighted by molar-refractivity contribution is 0.163. The van der Waals surface area contributed by atoms with Crippen LogP contribution in [0.1, 0.15) is 48.6 Å². The van der Waals surface area contributed by atoms with E-state index in [0.717, 1.165) is 32.4 Å². The minimum atomic E-state index is -1.20. The van der Waals surface area contributed by atoms with Crippen molar-refractivity contribution in [1.29, 1.82) is 0 Å². The highest BCUT2D eigenvalue weighted by molar-refractivity contribution is 5.18. The Morgan fingerprint density at radius 1 is 1.60 bits per heavy atom. The first-order valence-corrected chi connectivity index (χ1v) is 6.23. The quantitative estimate of drug-likeness (QED) is 0.681. The second kappa shape index (κ2) is 2.97. The molecule has 0 aromatic heterocycles. The molecule has 0 bridgehead atoms. The zero-order chi connectivity index (χ0) is 12.5. The van der Waals surface area contributed by atoms with E-state index in [1.165, 1.54) is 0 Å². The fraction of sp³-hybridized carbons (Fsp3) is 1.00. The Hall–Kier alpha value is -0.110. The van der Waals surface area contributed by atoms with Crippen LogP contribution in [-0.4, -0.2) is 29.7 Å². The average molecular weight is 213 g/mol. The highest BCUT2D eigenvalue weighted by Crippen LogP contribution is 2.63. The number of fused-ring (bicyclic) bond motifs is 1. The Kier molecular flexibility index (Phi) is 1.59. The molecule has 1 aliphatic carbocycles. The summed E-state index contributed by atoms with van der Waals surface area (Å²) in [5.41, 5.74) is -0.551. The van der Waals surface area contributed by atoms with E-state index < -0.39 is 12.5 Å². The second-order valence-electron chi connectivity index (χ2n) is 6.07. The third-order valence-corrected chi connectivity index (χ3v) is 4.42. The zero-order valence-electron chi connectivity index (χ0n) is 11.7. The summed E-state index contributed by atoms with van der Waals surface area (Å²) in [6.07, 6.45) is 1.51. The monoisotopic (exact) mass is 213 g/mol. The molecule has 3 fully saturated rings. The molecule has 2 heteroatoms. The number of hydrogen-bond donors (Lipinski definition) is 0. The molecule has 0 unspecified atom stereocenters. The fourth-order valence-corrected chi connectivity index (χ4v) is 3.78. The van der Waals surface area contributed by atoms with Gasteiger partial charge in [0.25, 0.3) is 0 Å². The first-order chi connectivity index (χ1) is 7.84. The van der Waals surface area contributed by atoms with Crippen LogP contribution in [0.5, 0.6) is 0 Å². The third-order valence-electron chi connectivity index (χ3n) is 4.42. The van der Waals surface area contributed by atoms with Crippen molar-refractivity contribution in [1.82, 2.24) is 4.90 Å². The van der Waals surface area contributed by atoms with Crippen molar-refractivity contribution in [2.45, 2.75) is 57.6 Å². The average Bonchev–Trinajstić information content (AvgIpc) is 2.58. The zero-order valence-corrected chi connectivity index (χ0v) is 9.72. The van der Waals surface area contributed by atoms with E-state index in [2.05, 4.69) is 4.90 Å². The molecular weight excluding hydrogens is 189 g/mol. The lowest BCUT2D eigenvalue weighted by Gasteiger charge is -2.33. The lowest BCUT2D eigenvalue weighted by Crippen LogP contribution is -2.39. The van der Waals surface area contributed by atoms with E-state index in [1.807, 2.05) is 13.8 Å². The van der Waals surface area contributed by atoms with Crippen molar-refractivity contribution in [2.75, 3.05) is 13.1 Å². The van der Waals surface area contributed by atoms with Gasteiger partial charge in [0.1, 0.15) is 6.17 Å². The van der Waals surface area contributed by atoms with Crippen molar-refractivity contribution in [3.63, 3.8) is 0 Å². The Morgan fingerprint density at radius 2 is 2.33 bits per heavy atom. The maximum atomic E-state index is 13.6. The predicted molar refractivity (Wildman–Crippen MR) is 59.6 cm³/mol. The standard InChI is InChI=1S/C13H22FN/c1-10(2)6-13-4-3-5-15(13)9-12(8-13)7-11(12)14/h10-11H,3-9H2,1-2H3/t11-,12+,13+/m0/s1/i6D2. The van der Waals surface area contributed by atoms with E-state index in [4.69, 9.17) is 2.74 Å². The maximum Gasteiger partial charge on any atom is 0.108 e. The fourth-order valence-electron chi connectivity index (χ4n) is 3.78. The summed E-state index contributed by atoms with van der Waals surface area (Å²) in [7, 11) is 0. The van der Waals surface area contributed by atoms with Crippen LogP contribution >= 0.6 is 0 Å². The largest absolute Gasteiger partial charge is 0.297 e. The van der Waals surface area contributed by atoms with Crippen molar-refractivity contribution in [2.24, 2.45) is 11.3 Å². The van der Waals surface area contributed by atoms with Crippen molar-refractivity contribution < 1.29 is 7.13 Å². The number of alkyl halides is 1. The highest BCUT2D eigenvalue weighted by Gasteiger charge is 2.66. The normalized spacial score (nSPS) is 52.1. The molecule has 1 saturated carbocycles. The Labute approximate surface area is 94.8 Å². The van der Waals surface area contributed by atoms with Crippen LogP contribution in [0.25, 0.3) is 0 Å². The van der Waals surface area contributed by atoms with Crippen LogP contribution in [0.2, 0.25) is 0 Å². The minimum absolute atomic E-state index is 0.00457. The third kappa shape index (κ3) is 1.37. The van der Waals surface area contributed by atoms with Gasteiger partial charge in [-0.1, -0.05) is 13.8 Å². The predicted octanol–water partition coefficient (Wildman–Crippen LogP) is 3.00. The number of rotatable bonds is 2. The Balaban J connectivity index is 1.94. The molecule has 15 heavy (non-hydrogen) atoms. The second-order valence-corrected chi connectivity index (χ2v) is 6.07. The molecule has 2 saturated heterocycles. The highest BCUT2D eigenvalue weighted by atomic mass is 19.1. The summed E-state index contributed by atoms with van der Waals surface area (Å²) in [4.78, 5) is 2.27. The molecular formula is C13H22FN. The summed E-state index contributed by atoms with van der Waals surface area (Å²) in [5, 5.41) is 0. The summed E-state index contributed by atoms with van der Waals surface area (Å²) in [6.45, 7) is 5.66. The molecule has 2 aliphatic heterocycles. The molecule has 3 rings (SSSR count). The first kappa shape index (κ1) is 8.05. The summed E-state index contributed by atoms with van der Waals surface area (Å²) in [6, 6.07) is 0. The van der Waals surface area contributed by atoms with Gasteiger partial charge >= 0.3 is 0 Å². The Bertz CT molecular complexity index is 346. The van der Waals surface area contributed by atoms with E-state index in [1.54, 1.807) is 0 Å². The summed E-state index contributed by atoms with van der Waals surface area (Å²) < 4.78 is 30.5. The van der Waals surface area contributed by atoms with E-state index in [0.29, 0.717) is 6.42 Å². The first-order valence-electron chi connectivity index (χ1n) is 7.23. The molecule has 0 N–H and O–H groups in total. The van der Waals surface area contributed by atoms with Crippen molar-refractivity contribution in [3.05, 3.63) is 0 Å². The van der Waals surface area contributed by atoms with Crippen LogP contribution in [0.15, 0.2) is 0 Å². The number of hydrogen-bond acceptors (Lipinski definition) is 1. The molecule has 2 heterocycles. The lowest BCUT2D eigenvalue weighted by atomic mass is 9.82. The van der Waals surface area contributed by atoms with E-state index in [9.17, 15) is 4.39 Å². The van der Waals surface area contributed by atoms with E-state index >= 15 is 0 Å². The van der Waals surface area contributed by atoms with Gasteiger partial charge in [0.15, 0.2) is 0 Å². The SMILES string of the molecule is [2H]C([2H])(C(C)C)[C@@]12CCCN1C[C@@]1(C[C@@H]1F)C2. The van der Waals surface area contributed by atoms with E-state index in [-0.39, 0.29) is 16.9 Å². The molecule has 0 radical (unpaired) electrons. The molecule has 1 spiro atoms. The number of nitrogens with zero attached hydrogens (tertiary/aromatic N) is 1. The topological polar surface area (TPSA) is 3.24 Å². The van der Waals surface area contributed by atoms with Gasteiger partial charge in [0.05, 0.1) is 0 Å². The molecule has 3 aliphatic rings. The van der Waals surface area contributed by atoms with Crippen LogP contribution in [0.4, 0.5) is 4.39 Å². The van der Waals surface area contributed by atoms with Gasteiger partial charge in [-0.15, -0.1) is 0 Å². The smallest absolute Gasteiger partial charge is 0.108 e. The van der Waals surface area contributed by atoms with Crippen LogP contribution in [-0.2, 0) is 0 Å². The van der Waals surface area contributed by atoms with Crippen LogP contribution < -0.4 is 0 Å². The van der Waals surface area contributed by atoms with Gasteiger partial charge in [0.2, 0.25) is 0 Å². The number of halogens is 1. The van der Waals surface area contributed by atoms with Crippen molar-refractivity contribution in [3.8, 4) is 0 Å². The van der Waals surface area contributed by atoms with Gasteiger partial charge in [-0.2, -0.15) is 0 Å². The molecule has 1 nitrogen and oxygen atoms in total. The van der Waals surface area contributed by atoms with Crippen LogP contribution in [0.3, 0.4) is 0 Å². The molecule has 0 aromatic rings. The maximum absolute atomic E-state index is 13.6. The van der Waals surface area contributed by atoms with Crippen molar-refractivity contribution >= 4 is 0 Å². The Morgan fingerprint density at radius 3 is 2.93 bits per heavy atom. The molecule has 86 valence electrons.